The number of rotatable bonds is 2. The number of benzene rings is 2. The Morgan fingerprint density at radius 3 is 2.65 bits per heavy atom. The first kappa shape index (κ1) is 11.8. The van der Waals surface area contributed by atoms with Crippen LogP contribution < -0.4 is 0 Å². The molecule has 0 bridgehead atoms. The molecule has 0 fully saturated rings. The van der Waals surface area contributed by atoms with Gasteiger partial charge in [0.1, 0.15) is 11.4 Å². The van der Waals surface area contributed by atoms with Crippen LogP contribution >= 0.6 is 15.9 Å². The molecule has 0 spiro atoms. The Balaban J connectivity index is 2.29. The van der Waals surface area contributed by atoms with Crippen LogP contribution in [0.1, 0.15) is 5.56 Å². The summed E-state index contributed by atoms with van der Waals surface area (Å²) in [5, 5.41) is 17.7. The van der Waals surface area contributed by atoms with Crippen molar-refractivity contribution in [2.24, 2.45) is 10.2 Å². The van der Waals surface area contributed by atoms with E-state index in [1.54, 1.807) is 12.1 Å². The maximum Gasteiger partial charge on any atom is 0.143 e. The Morgan fingerprint density at radius 1 is 1.06 bits per heavy atom. The fraction of sp³-hybridized carbons (Fsp3) is 0.0769. The number of hydrogen-bond acceptors (Lipinski definition) is 3. The highest BCUT2D eigenvalue weighted by molar-refractivity contribution is 9.10. The van der Waals surface area contributed by atoms with E-state index < -0.39 is 0 Å². The summed E-state index contributed by atoms with van der Waals surface area (Å²) in [6, 6.07) is 12.7. The molecule has 0 saturated carbocycles. The standard InChI is InChI=1S/C13H11BrN2O/c1-9-5-6-13(17)12(7-9)16-15-11-4-2-3-10(14)8-11/h2-8,17H,1H3. The molecule has 1 N–H and O–H groups in total. The summed E-state index contributed by atoms with van der Waals surface area (Å²) in [5.74, 6) is 0.134. The Labute approximate surface area is 108 Å². The predicted molar refractivity (Wildman–Crippen MR) is 71.2 cm³/mol. The summed E-state index contributed by atoms with van der Waals surface area (Å²) in [4.78, 5) is 0. The summed E-state index contributed by atoms with van der Waals surface area (Å²) in [6.45, 7) is 1.94. The molecule has 2 aromatic rings. The lowest BCUT2D eigenvalue weighted by Crippen LogP contribution is -1.72. The lowest BCUT2D eigenvalue weighted by atomic mass is 10.2. The number of aromatic hydroxyl groups is 1. The van der Waals surface area contributed by atoms with Crippen LogP contribution in [0.4, 0.5) is 11.4 Å². The molecule has 2 rings (SSSR count). The molecular weight excluding hydrogens is 280 g/mol. The fourth-order valence-corrected chi connectivity index (χ4v) is 1.75. The van der Waals surface area contributed by atoms with Crippen LogP contribution in [0.25, 0.3) is 0 Å². The predicted octanol–water partition coefficient (Wildman–Crippen LogP) is 4.88. The third-order valence-corrected chi connectivity index (χ3v) is 2.71. The molecule has 0 heterocycles. The first-order valence-electron chi connectivity index (χ1n) is 5.12. The summed E-state index contributed by atoms with van der Waals surface area (Å²) in [6.07, 6.45) is 0. The summed E-state index contributed by atoms with van der Waals surface area (Å²) in [5.41, 5.74) is 2.25. The molecule has 0 aromatic heterocycles. The topological polar surface area (TPSA) is 45.0 Å². The second-order valence-corrected chi connectivity index (χ2v) is 4.59. The highest BCUT2D eigenvalue weighted by Crippen LogP contribution is 2.29. The fourth-order valence-electron chi connectivity index (χ4n) is 1.36. The van der Waals surface area contributed by atoms with Gasteiger partial charge in [0.2, 0.25) is 0 Å². The first-order chi connectivity index (χ1) is 8.15. The Bertz CT molecular complexity index is 567. The van der Waals surface area contributed by atoms with E-state index in [0.717, 1.165) is 15.7 Å². The van der Waals surface area contributed by atoms with Crippen LogP contribution in [0.5, 0.6) is 5.75 Å². The molecule has 0 unspecified atom stereocenters. The smallest absolute Gasteiger partial charge is 0.143 e. The van der Waals surface area contributed by atoms with Gasteiger partial charge in [0.05, 0.1) is 5.69 Å². The Morgan fingerprint density at radius 2 is 1.88 bits per heavy atom. The Kier molecular flexibility index (Phi) is 3.54. The molecule has 3 nitrogen and oxygen atoms in total. The normalized spacial score (nSPS) is 10.9. The first-order valence-corrected chi connectivity index (χ1v) is 5.91. The largest absolute Gasteiger partial charge is 0.506 e. The third kappa shape index (κ3) is 3.14. The van der Waals surface area contributed by atoms with Gasteiger partial charge in [-0.15, -0.1) is 5.11 Å². The van der Waals surface area contributed by atoms with E-state index in [4.69, 9.17) is 0 Å². The van der Waals surface area contributed by atoms with Crippen LogP contribution in [0.3, 0.4) is 0 Å². The molecule has 0 atom stereocenters. The summed E-state index contributed by atoms with van der Waals surface area (Å²) >= 11 is 3.36. The molecule has 2 aromatic carbocycles. The van der Waals surface area contributed by atoms with E-state index in [2.05, 4.69) is 26.2 Å². The highest BCUT2D eigenvalue weighted by atomic mass is 79.9. The second-order valence-electron chi connectivity index (χ2n) is 3.67. The molecule has 0 amide bonds. The van der Waals surface area contributed by atoms with E-state index in [0.29, 0.717) is 5.69 Å². The van der Waals surface area contributed by atoms with E-state index in [9.17, 15) is 5.11 Å². The summed E-state index contributed by atoms with van der Waals surface area (Å²) in [7, 11) is 0. The van der Waals surface area contributed by atoms with Crippen molar-refractivity contribution in [3.8, 4) is 5.75 Å². The van der Waals surface area contributed by atoms with Crippen molar-refractivity contribution in [2.75, 3.05) is 0 Å². The molecule has 4 heteroatoms. The molecular formula is C13H11BrN2O. The molecule has 17 heavy (non-hydrogen) atoms. The monoisotopic (exact) mass is 290 g/mol. The average molecular weight is 291 g/mol. The van der Waals surface area contributed by atoms with Gasteiger partial charge in [-0.25, -0.2) is 0 Å². The molecule has 0 saturated heterocycles. The van der Waals surface area contributed by atoms with Gasteiger partial charge in [-0.3, -0.25) is 0 Å². The average Bonchev–Trinajstić information content (AvgIpc) is 2.30. The number of hydrogen-bond donors (Lipinski definition) is 1. The van der Waals surface area contributed by atoms with E-state index in [-0.39, 0.29) is 5.75 Å². The van der Waals surface area contributed by atoms with Crippen molar-refractivity contribution in [3.05, 3.63) is 52.5 Å². The molecule has 0 aliphatic heterocycles. The van der Waals surface area contributed by atoms with Crippen molar-refractivity contribution in [3.63, 3.8) is 0 Å². The lowest BCUT2D eigenvalue weighted by molar-refractivity contribution is 0.476. The van der Waals surface area contributed by atoms with Gasteiger partial charge >= 0.3 is 0 Å². The molecule has 0 aliphatic rings. The summed E-state index contributed by atoms with van der Waals surface area (Å²) < 4.78 is 0.947. The van der Waals surface area contributed by atoms with Gasteiger partial charge in [0.25, 0.3) is 0 Å². The number of phenolic OH excluding ortho intramolecular Hbond substituents is 1. The number of aryl methyl sites for hydroxylation is 1. The van der Waals surface area contributed by atoms with Gasteiger partial charge in [-0.05, 0) is 42.8 Å². The maximum absolute atomic E-state index is 9.60. The highest BCUT2D eigenvalue weighted by Gasteiger charge is 1.99. The van der Waals surface area contributed by atoms with Crippen molar-refractivity contribution in [1.82, 2.24) is 0 Å². The van der Waals surface area contributed by atoms with Crippen LogP contribution in [0.2, 0.25) is 0 Å². The van der Waals surface area contributed by atoms with Crippen LogP contribution in [0.15, 0.2) is 57.2 Å². The van der Waals surface area contributed by atoms with Crippen molar-refractivity contribution in [2.45, 2.75) is 6.92 Å². The number of azo groups is 1. The van der Waals surface area contributed by atoms with Crippen molar-refractivity contribution >= 4 is 27.3 Å². The van der Waals surface area contributed by atoms with E-state index in [1.807, 2.05) is 37.3 Å². The van der Waals surface area contributed by atoms with Crippen LogP contribution in [-0.2, 0) is 0 Å². The molecule has 86 valence electrons. The van der Waals surface area contributed by atoms with E-state index in [1.165, 1.54) is 0 Å². The zero-order chi connectivity index (χ0) is 12.3. The van der Waals surface area contributed by atoms with Gasteiger partial charge in [-0.1, -0.05) is 28.1 Å². The molecule has 0 aliphatic carbocycles. The zero-order valence-corrected chi connectivity index (χ0v) is 10.8. The lowest BCUT2D eigenvalue weighted by Gasteiger charge is -1.99. The Hall–Kier alpha value is -1.68. The minimum absolute atomic E-state index is 0.134. The third-order valence-electron chi connectivity index (χ3n) is 2.21. The van der Waals surface area contributed by atoms with Gasteiger partial charge in [0, 0.05) is 4.47 Å². The molecule has 0 radical (unpaired) electrons. The van der Waals surface area contributed by atoms with Crippen LogP contribution in [-0.4, -0.2) is 5.11 Å². The van der Waals surface area contributed by atoms with E-state index >= 15 is 0 Å². The van der Waals surface area contributed by atoms with Gasteiger partial charge < -0.3 is 5.11 Å². The number of halogens is 1. The van der Waals surface area contributed by atoms with Crippen LogP contribution in [0, 0.1) is 6.92 Å². The zero-order valence-electron chi connectivity index (χ0n) is 9.26. The number of nitrogens with zero attached hydrogens (tertiary/aromatic N) is 2. The van der Waals surface area contributed by atoms with Gasteiger partial charge in [0.15, 0.2) is 0 Å². The second kappa shape index (κ2) is 5.10. The minimum Gasteiger partial charge on any atom is -0.506 e. The van der Waals surface area contributed by atoms with Gasteiger partial charge in [-0.2, -0.15) is 5.11 Å². The quantitative estimate of drug-likeness (QED) is 0.787. The minimum atomic E-state index is 0.134. The van der Waals surface area contributed by atoms with Crippen molar-refractivity contribution in [1.29, 1.82) is 0 Å². The maximum atomic E-state index is 9.60. The number of phenols is 1. The van der Waals surface area contributed by atoms with Crippen molar-refractivity contribution < 1.29 is 5.11 Å². The SMILES string of the molecule is Cc1ccc(O)c(N=Nc2cccc(Br)c2)c1.